The lowest BCUT2D eigenvalue weighted by Crippen LogP contribution is -2.43. The second-order valence-electron chi connectivity index (χ2n) is 7.66. The van der Waals surface area contributed by atoms with Crippen LogP contribution in [0.1, 0.15) is 52.0 Å². The van der Waals surface area contributed by atoms with Gasteiger partial charge in [-0.15, -0.1) is 11.3 Å². The number of ether oxygens (including phenoxy) is 3. The SMILES string of the molecule is CCCc1cc(C(=O)NCC(c2ccc(OCC)c(OC)c2)N2CCOCC2)sc1C. The predicted octanol–water partition coefficient (Wildman–Crippen LogP) is 4.22. The minimum atomic E-state index is -0.00776. The third-order valence-corrected chi connectivity index (χ3v) is 6.67. The van der Waals surface area contributed by atoms with Gasteiger partial charge < -0.3 is 19.5 Å². The van der Waals surface area contributed by atoms with Gasteiger partial charge in [0.05, 0.1) is 37.8 Å². The molecule has 0 spiro atoms. The van der Waals surface area contributed by atoms with Crippen molar-refractivity contribution in [2.75, 3.05) is 46.6 Å². The largest absolute Gasteiger partial charge is 0.493 e. The summed E-state index contributed by atoms with van der Waals surface area (Å²) in [5, 5.41) is 3.17. The molecule has 2 aromatic rings. The number of rotatable bonds is 10. The van der Waals surface area contributed by atoms with Gasteiger partial charge in [-0.1, -0.05) is 19.4 Å². The molecule has 31 heavy (non-hydrogen) atoms. The van der Waals surface area contributed by atoms with Crippen LogP contribution in [-0.4, -0.2) is 57.4 Å². The zero-order valence-corrected chi connectivity index (χ0v) is 19.8. The monoisotopic (exact) mass is 446 g/mol. The van der Waals surface area contributed by atoms with E-state index in [1.54, 1.807) is 18.4 Å². The van der Waals surface area contributed by atoms with Crippen LogP contribution in [0.2, 0.25) is 0 Å². The van der Waals surface area contributed by atoms with Crippen LogP contribution in [0.25, 0.3) is 0 Å². The Balaban J connectivity index is 1.78. The number of methoxy groups -OCH3 is 1. The Hall–Kier alpha value is -2.09. The molecule has 2 heterocycles. The fourth-order valence-corrected chi connectivity index (χ4v) is 4.93. The molecule has 7 heteroatoms. The second kappa shape index (κ2) is 11.5. The fraction of sp³-hybridized carbons (Fsp3) is 0.542. The number of benzene rings is 1. The van der Waals surface area contributed by atoms with Crippen LogP contribution < -0.4 is 14.8 Å². The quantitative estimate of drug-likeness (QED) is 0.592. The Morgan fingerprint density at radius 2 is 2.00 bits per heavy atom. The first-order valence-corrected chi connectivity index (χ1v) is 11.9. The van der Waals surface area contributed by atoms with E-state index < -0.39 is 0 Å². The number of carbonyl (C=O) groups excluding carboxylic acids is 1. The van der Waals surface area contributed by atoms with Crippen molar-refractivity contribution in [3.8, 4) is 11.5 Å². The van der Waals surface area contributed by atoms with Crippen LogP contribution in [0.3, 0.4) is 0 Å². The van der Waals surface area contributed by atoms with Crippen LogP contribution in [0.5, 0.6) is 11.5 Å². The maximum absolute atomic E-state index is 12.9. The van der Waals surface area contributed by atoms with Crippen LogP contribution in [0, 0.1) is 6.92 Å². The Kier molecular flexibility index (Phi) is 8.75. The Labute approximate surface area is 189 Å². The van der Waals surface area contributed by atoms with Gasteiger partial charge >= 0.3 is 0 Å². The molecule has 1 unspecified atom stereocenters. The highest BCUT2D eigenvalue weighted by molar-refractivity contribution is 7.14. The first kappa shape index (κ1) is 23.6. The summed E-state index contributed by atoms with van der Waals surface area (Å²) >= 11 is 1.58. The maximum Gasteiger partial charge on any atom is 0.261 e. The van der Waals surface area contributed by atoms with Crippen LogP contribution >= 0.6 is 11.3 Å². The summed E-state index contributed by atoms with van der Waals surface area (Å²) in [6.45, 7) is 10.4. The lowest BCUT2D eigenvalue weighted by molar-refractivity contribution is 0.0162. The predicted molar refractivity (Wildman–Crippen MR) is 125 cm³/mol. The van der Waals surface area contributed by atoms with Crippen LogP contribution in [0.4, 0.5) is 0 Å². The van der Waals surface area contributed by atoms with E-state index in [4.69, 9.17) is 14.2 Å². The van der Waals surface area contributed by atoms with Gasteiger partial charge in [-0.2, -0.15) is 0 Å². The van der Waals surface area contributed by atoms with E-state index >= 15 is 0 Å². The van der Waals surface area contributed by atoms with Crippen molar-refractivity contribution < 1.29 is 19.0 Å². The number of hydrogen-bond acceptors (Lipinski definition) is 6. The molecule has 3 rings (SSSR count). The number of morpholine rings is 1. The lowest BCUT2D eigenvalue weighted by atomic mass is 10.0. The zero-order chi connectivity index (χ0) is 22.2. The minimum Gasteiger partial charge on any atom is -0.493 e. The summed E-state index contributed by atoms with van der Waals surface area (Å²) < 4.78 is 16.8. The van der Waals surface area contributed by atoms with E-state index in [2.05, 4.69) is 30.1 Å². The highest BCUT2D eigenvalue weighted by atomic mass is 32.1. The van der Waals surface area contributed by atoms with Gasteiger partial charge in [-0.05, 0) is 49.6 Å². The highest BCUT2D eigenvalue weighted by Crippen LogP contribution is 2.32. The average molecular weight is 447 g/mol. The molecule has 0 saturated carbocycles. The highest BCUT2D eigenvalue weighted by Gasteiger charge is 2.25. The number of nitrogens with one attached hydrogen (secondary N) is 1. The maximum atomic E-state index is 12.9. The molecule has 0 radical (unpaired) electrons. The molecule has 1 aliphatic heterocycles. The summed E-state index contributed by atoms with van der Waals surface area (Å²) in [6, 6.07) is 8.11. The van der Waals surface area contributed by atoms with Crippen molar-refractivity contribution in [3.05, 3.63) is 45.1 Å². The average Bonchev–Trinajstić information content (AvgIpc) is 3.16. The molecule has 1 aromatic carbocycles. The number of nitrogens with zero attached hydrogens (tertiary/aromatic N) is 1. The van der Waals surface area contributed by atoms with Crippen molar-refractivity contribution >= 4 is 17.2 Å². The Morgan fingerprint density at radius 1 is 1.23 bits per heavy atom. The van der Waals surface area contributed by atoms with Gasteiger partial charge in [0.2, 0.25) is 0 Å². The Morgan fingerprint density at radius 3 is 2.68 bits per heavy atom. The normalized spacial score (nSPS) is 15.5. The number of hydrogen-bond donors (Lipinski definition) is 1. The van der Waals surface area contributed by atoms with E-state index in [1.165, 1.54) is 10.4 Å². The molecular formula is C24H34N2O4S. The van der Waals surface area contributed by atoms with Gasteiger partial charge in [0.25, 0.3) is 5.91 Å². The molecule has 1 aromatic heterocycles. The third-order valence-electron chi connectivity index (χ3n) is 5.58. The molecule has 6 nitrogen and oxygen atoms in total. The molecular weight excluding hydrogens is 412 g/mol. The Bertz CT molecular complexity index is 861. The van der Waals surface area contributed by atoms with E-state index in [-0.39, 0.29) is 11.9 Å². The minimum absolute atomic E-state index is 0.00776. The topological polar surface area (TPSA) is 60.0 Å². The van der Waals surface area contributed by atoms with Gasteiger partial charge in [0.1, 0.15) is 0 Å². The van der Waals surface area contributed by atoms with Crippen molar-refractivity contribution in [1.82, 2.24) is 10.2 Å². The van der Waals surface area contributed by atoms with Gasteiger partial charge in [0, 0.05) is 24.5 Å². The molecule has 1 aliphatic rings. The molecule has 1 saturated heterocycles. The number of thiophene rings is 1. The molecule has 0 aliphatic carbocycles. The van der Waals surface area contributed by atoms with Gasteiger partial charge in [-0.25, -0.2) is 0 Å². The third kappa shape index (κ3) is 5.99. The zero-order valence-electron chi connectivity index (χ0n) is 19.0. The van der Waals surface area contributed by atoms with Crippen molar-refractivity contribution in [2.45, 2.75) is 39.7 Å². The van der Waals surface area contributed by atoms with Crippen molar-refractivity contribution in [2.24, 2.45) is 0 Å². The molecule has 1 amide bonds. The summed E-state index contributed by atoms with van der Waals surface area (Å²) in [6.07, 6.45) is 2.09. The standard InChI is InChI=1S/C24H34N2O4S/c1-5-7-18-15-23(31-17(18)3)24(27)25-16-20(26-10-12-29-13-11-26)19-8-9-21(30-6-2)22(14-19)28-4/h8-9,14-15,20H,5-7,10-13,16H2,1-4H3,(H,25,27). The summed E-state index contributed by atoms with van der Waals surface area (Å²) in [5.41, 5.74) is 2.37. The van der Waals surface area contributed by atoms with E-state index in [0.717, 1.165) is 42.1 Å². The molecule has 1 atom stereocenters. The first-order valence-electron chi connectivity index (χ1n) is 11.1. The smallest absolute Gasteiger partial charge is 0.261 e. The first-order chi connectivity index (χ1) is 15.1. The van der Waals surface area contributed by atoms with Crippen LogP contribution in [0.15, 0.2) is 24.3 Å². The summed E-state index contributed by atoms with van der Waals surface area (Å²) in [7, 11) is 1.65. The lowest BCUT2D eigenvalue weighted by Gasteiger charge is -2.35. The molecule has 1 fully saturated rings. The van der Waals surface area contributed by atoms with Crippen molar-refractivity contribution in [1.29, 1.82) is 0 Å². The van der Waals surface area contributed by atoms with Crippen molar-refractivity contribution in [3.63, 3.8) is 0 Å². The van der Waals surface area contributed by atoms with Gasteiger partial charge in [0.15, 0.2) is 11.5 Å². The number of aryl methyl sites for hydroxylation is 2. The number of amides is 1. The van der Waals surface area contributed by atoms with Crippen LogP contribution in [-0.2, 0) is 11.2 Å². The van der Waals surface area contributed by atoms with Gasteiger partial charge in [-0.3, -0.25) is 9.69 Å². The van der Waals surface area contributed by atoms with E-state index in [9.17, 15) is 4.79 Å². The number of carbonyl (C=O) groups is 1. The fourth-order valence-electron chi connectivity index (χ4n) is 3.94. The molecule has 0 bridgehead atoms. The molecule has 1 N–H and O–H groups in total. The summed E-state index contributed by atoms with van der Waals surface area (Å²) in [4.78, 5) is 17.3. The summed E-state index contributed by atoms with van der Waals surface area (Å²) in [5.74, 6) is 1.43. The molecule has 170 valence electrons. The second-order valence-corrected chi connectivity index (χ2v) is 8.92. The van der Waals surface area contributed by atoms with E-state index in [1.807, 2.05) is 25.1 Å². The van der Waals surface area contributed by atoms with E-state index in [0.29, 0.717) is 32.1 Å².